The van der Waals surface area contributed by atoms with Crippen LogP contribution in [-0.4, -0.2) is 6.09 Å². The van der Waals surface area contributed by atoms with Gasteiger partial charge in [-0.2, -0.15) is 0 Å². The summed E-state index contributed by atoms with van der Waals surface area (Å²) in [6.07, 6.45) is -0.474. The second kappa shape index (κ2) is 7.57. The van der Waals surface area contributed by atoms with Crippen LogP contribution in [0.1, 0.15) is 11.1 Å². The van der Waals surface area contributed by atoms with E-state index in [1.54, 1.807) is 24.3 Å². The minimum atomic E-state index is -0.474. The van der Waals surface area contributed by atoms with Crippen molar-refractivity contribution in [1.82, 2.24) is 5.32 Å². The fraction of sp³-hybridized carbons (Fsp3) is 0.133. The Hall–Kier alpha value is -2.98. The summed E-state index contributed by atoms with van der Waals surface area (Å²) in [5.41, 5.74) is 10.7. The van der Waals surface area contributed by atoms with Gasteiger partial charge < -0.3 is 10.1 Å². The molecule has 0 unspecified atom stereocenters. The third kappa shape index (κ3) is 4.89. The smallest absolute Gasteiger partial charge is 0.407 e. The summed E-state index contributed by atoms with van der Waals surface area (Å²) in [7, 11) is 0. The first-order valence-corrected chi connectivity index (χ1v) is 6.36. The molecule has 2 rings (SSSR count). The highest BCUT2D eigenvalue weighted by Crippen LogP contribution is 2.13. The Labute approximate surface area is 122 Å². The van der Waals surface area contributed by atoms with Gasteiger partial charge in [-0.3, -0.25) is 0 Å². The van der Waals surface area contributed by atoms with Crippen LogP contribution in [0.5, 0.6) is 0 Å². The molecule has 0 radical (unpaired) electrons. The maximum atomic E-state index is 11.6. The van der Waals surface area contributed by atoms with Gasteiger partial charge in [0.15, 0.2) is 0 Å². The van der Waals surface area contributed by atoms with Gasteiger partial charge in [0.2, 0.25) is 0 Å². The zero-order valence-electron chi connectivity index (χ0n) is 11.3. The van der Waals surface area contributed by atoms with Crippen LogP contribution in [0.3, 0.4) is 0 Å². The van der Waals surface area contributed by atoms with Crippen LogP contribution < -0.4 is 5.32 Å². The molecule has 0 aliphatic rings. The molecule has 21 heavy (non-hydrogen) atoms. The van der Waals surface area contributed by atoms with E-state index >= 15 is 0 Å². The molecular weight excluding hydrogens is 268 g/mol. The molecule has 106 valence electrons. The summed E-state index contributed by atoms with van der Waals surface area (Å²) in [5.74, 6) is 0. The van der Waals surface area contributed by atoms with Crippen molar-refractivity contribution in [1.29, 1.82) is 0 Å². The number of nitrogens with one attached hydrogen (secondary N) is 1. The molecule has 0 atom stereocenters. The van der Waals surface area contributed by atoms with Crippen LogP contribution in [0.25, 0.3) is 10.4 Å². The number of azide groups is 1. The summed E-state index contributed by atoms with van der Waals surface area (Å²) in [5, 5.41) is 6.14. The first-order valence-electron chi connectivity index (χ1n) is 6.36. The number of rotatable bonds is 5. The van der Waals surface area contributed by atoms with Crippen molar-refractivity contribution in [3.05, 3.63) is 76.2 Å². The zero-order chi connectivity index (χ0) is 14.9. The molecule has 1 amide bonds. The topological polar surface area (TPSA) is 87.1 Å². The second-order valence-corrected chi connectivity index (χ2v) is 4.27. The fourth-order valence-corrected chi connectivity index (χ4v) is 1.68. The summed E-state index contributed by atoms with van der Waals surface area (Å²) in [6, 6.07) is 16.4. The molecule has 0 saturated heterocycles. The molecule has 1 N–H and O–H groups in total. The highest BCUT2D eigenvalue weighted by molar-refractivity contribution is 5.67. The van der Waals surface area contributed by atoms with Gasteiger partial charge in [0.25, 0.3) is 0 Å². The van der Waals surface area contributed by atoms with E-state index in [1.807, 2.05) is 30.3 Å². The van der Waals surface area contributed by atoms with Crippen molar-refractivity contribution in [2.24, 2.45) is 5.11 Å². The van der Waals surface area contributed by atoms with Gasteiger partial charge in [0.1, 0.15) is 6.61 Å². The Balaban J connectivity index is 1.77. The maximum absolute atomic E-state index is 11.6. The Morgan fingerprint density at radius 3 is 2.48 bits per heavy atom. The van der Waals surface area contributed by atoms with Crippen molar-refractivity contribution in [3.63, 3.8) is 0 Å². The lowest BCUT2D eigenvalue weighted by Crippen LogP contribution is -2.23. The fourth-order valence-electron chi connectivity index (χ4n) is 1.68. The largest absolute Gasteiger partial charge is 0.445 e. The predicted octanol–water partition coefficient (Wildman–Crippen LogP) is 4.05. The predicted molar refractivity (Wildman–Crippen MR) is 78.7 cm³/mol. The standard InChI is InChI=1S/C15H14N4O2/c16-19-18-14-8-6-13(7-9-14)11-21-15(20)17-10-12-4-2-1-3-5-12/h1-9H,10-11H2,(H,17,20). The van der Waals surface area contributed by atoms with E-state index in [2.05, 4.69) is 15.3 Å². The van der Waals surface area contributed by atoms with Crippen molar-refractivity contribution in [3.8, 4) is 0 Å². The molecule has 2 aromatic carbocycles. The van der Waals surface area contributed by atoms with E-state index < -0.39 is 6.09 Å². The monoisotopic (exact) mass is 282 g/mol. The number of carbonyl (C=O) groups excluding carboxylic acids is 1. The van der Waals surface area contributed by atoms with Gasteiger partial charge in [-0.1, -0.05) is 59.7 Å². The maximum Gasteiger partial charge on any atom is 0.407 e. The highest BCUT2D eigenvalue weighted by atomic mass is 16.5. The molecule has 0 bridgehead atoms. The number of alkyl carbamates (subject to hydrolysis) is 1. The minimum Gasteiger partial charge on any atom is -0.445 e. The third-order valence-corrected chi connectivity index (χ3v) is 2.75. The average molecular weight is 282 g/mol. The summed E-state index contributed by atoms with van der Waals surface area (Å²) in [6.45, 7) is 0.590. The van der Waals surface area contributed by atoms with Gasteiger partial charge in [0.05, 0.1) is 0 Å². The number of hydrogen-bond donors (Lipinski definition) is 1. The Morgan fingerprint density at radius 2 is 1.81 bits per heavy atom. The summed E-state index contributed by atoms with van der Waals surface area (Å²) < 4.78 is 5.10. The normalized spacial score (nSPS) is 9.52. The van der Waals surface area contributed by atoms with E-state index in [1.165, 1.54) is 0 Å². The van der Waals surface area contributed by atoms with Crippen LogP contribution in [0.15, 0.2) is 59.7 Å². The van der Waals surface area contributed by atoms with Crippen molar-refractivity contribution >= 4 is 11.8 Å². The number of hydrogen-bond acceptors (Lipinski definition) is 3. The first-order chi connectivity index (χ1) is 10.3. The third-order valence-electron chi connectivity index (χ3n) is 2.75. The van der Waals surface area contributed by atoms with Crippen LogP contribution in [0, 0.1) is 0 Å². The lowest BCUT2D eigenvalue weighted by atomic mass is 10.2. The Morgan fingerprint density at radius 1 is 1.10 bits per heavy atom. The molecule has 0 saturated carbocycles. The van der Waals surface area contributed by atoms with Crippen LogP contribution >= 0.6 is 0 Å². The number of amides is 1. The molecule has 6 heteroatoms. The molecule has 0 aliphatic heterocycles. The highest BCUT2D eigenvalue weighted by Gasteiger charge is 2.02. The number of benzene rings is 2. The lowest BCUT2D eigenvalue weighted by Gasteiger charge is -2.07. The molecule has 0 spiro atoms. The second-order valence-electron chi connectivity index (χ2n) is 4.27. The van der Waals surface area contributed by atoms with Crippen LogP contribution in [-0.2, 0) is 17.9 Å². The summed E-state index contributed by atoms with van der Waals surface area (Å²) in [4.78, 5) is 14.3. The zero-order valence-corrected chi connectivity index (χ0v) is 11.3. The van der Waals surface area contributed by atoms with E-state index in [-0.39, 0.29) is 6.61 Å². The number of nitrogens with zero attached hydrogens (tertiary/aromatic N) is 3. The Kier molecular flexibility index (Phi) is 5.20. The van der Waals surface area contributed by atoms with Gasteiger partial charge in [0, 0.05) is 17.1 Å². The van der Waals surface area contributed by atoms with Crippen LogP contribution in [0.2, 0.25) is 0 Å². The van der Waals surface area contributed by atoms with E-state index in [0.29, 0.717) is 12.2 Å². The van der Waals surface area contributed by atoms with Crippen molar-refractivity contribution < 1.29 is 9.53 Å². The molecule has 6 nitrogen and oxygen atoms in total. The van der Waals surface area contributed by atoms with Crippen molar-refractivity contribution in [2.45, 2.75) is 13.2 Å². The average Bonchev–Trinajstić information content (AvgIpc) is 2.53. The van der Waals surface area contributed by atoms with Crippen LogP contribution in [0.4, 0.5) is 10.5 Å². The SMILES string of the molecule is [N-]=[N+]=Nc1ccc(COC(=O)NCc2ccccc2)cc1. The first kappa shape index (κ1) is 14.4. The molecule has 2 aromatic rings. The Bertz CT molecular complexity index is 634. The van der Waals surface area contributed by atoms with E-state index in [9.17, 15) is 4.79 Å². The molecule has 0 fully saturated rings. The number of carbonyl (C=O) groups is 1. The minimum absolute atomic E-state index is 0.164. The molecule has 0 aliphatic carbocycles. The van der Waals surface area contributed by atoms with E-state index in [0.717, 1.165) is 11.1 Å². The molecule has 0 heterocycles. The van der Waals surface area contributed by atoms with Gasteiger partial charge in [-0.25, -0.2) is 4.79 Å². The number of ether oxygens (including phenoxy) is 1. The van der Waals surface area contributed by atoms with Crippen molar-refractivity contribution in [2.75, 3.05) is 0 Å². The summed E-state index contributed by atoms with van der Waals surface area (Å²) >= 11 is 0. The van der Waals surface area contributed by atoms with Gasteiger partial charge >= 0.3 is 6.09 Å². The lowest BCUT2D eigenvalue weighted by molar-refractivity contribution is 0.139. The van der Waals surface area contributed by atoms with Gasteiger partial charge in [-0.05, 0) is 16.7 Å². The van der Waals surface area contributed by atoms with Gasteiger partial charge in [-0.15, -0.1) is 0 Å². The van der Waals surface area contributed by atoms with E-state index in [4.69, 9.17) is 10.3 Å². The quantitative estimate of drug-likeness (QED) is 0.509. The molecular formula is C15H14N4O2. The molecule has 0 aromatic heterocycles.